The first kappa shape index (κ1) is 16.5. The molecule has 2 heterocycles. The van der Waals surface area contributed by atoms with E-state index in [0.29, 0.717) is 6.61 Å². The summed E-state index contributed by atoms with van der Waals surface area (Å²) in [4.78, 5) is 16.7. The Hall–Kier alpha value is -2.99. The molecule has 0 saturated carbocycles. The van der Waals surface area contributed by atoms with Crippen molar-refractivity contribution in [1.82, 2.24) is 4.98 Å². The van der Waals surface area contributed by atoms with Gasteiger partial charge in [-0.1, -0.05) is 6.07 Å². The van der Waals surface area contributed by atoms with Crippen molar-refractivity contribution in [2.24, 2.45) is 0 Å². The van der Waals surface area contributed by atoms with Crippen LogP contribution in [0.25, 0.3) is 10.9 Å². The lowest BCUT2D eigenvalue weighted by atomic mass is 10.0. The number of aromatic nitrogens is 1. The molecular formula is C20H21N3O3. The summed E-state index contributed by atoms with van der Waals surface area (Å²) in [6.07, 6.45) is 1.93. The summed E-state index contributed by atoms with van der Waals surface area (Å²) in [6.45, 7) is 0.609. The number of carbonyl (C=O) groups excluding carboxylic acids is 1. The third-order valence-electron chi connectivity index (χ3n) is 4.70. The highest BCUT2D eigenvalue weighted by Gasteiger charge is 2.23. The first-order valence-corrected chi connectivity index (χ1v) is 8.51. The number of aromatic amines is 1. The molecule has 2 N–H and O–H groups in total. The third-order valence-corrected chi connectivity index (χ3v) is 4.70. The van der Waals surface area contributed by atoms with Crippen molar-refractivity contribution in [2.75, 3.05) is 37.6 Å². The van der Waals surface area contributed by atoms with Gasteiger partial charge >= 0.3 is 0 Å². The molecule has 6 heteroatoms. The van der Waals surface area contributed by atoms with E-state index < -0.39 is 0 Å². The minimum Gasteiger partial charge on any atom is -0.482 e. The molecule has 2 aromatic carbocycles. The number of amides is 1. The van der Waals surface area contributed by atoms with E-state index in [1.807, 2.05) is 24.4 Å². The highest BCUT2D eigenvalue weighted by Crippen LogP contribution is 2.35. The van der Waals surface area contributed by atoms with Crippen molar-refractivity contribution in [3.8, 4) is 5.75 Å². The molecule has 1 aliphatic heterocycles. The Balaban J connectivity index is 1.63. The lowest BCUT2D eigenvalue weighted by Crippen LogP contribution is -2.35. The number of H-pyrrole nitrogens is 1. The van der Waals surface area contributed by atoms with Crippen LogP contribution in [0.1, 0.15) is 11.6 Å². The SMILES string of the molecule is COCC(Nc1ccc2c(c1)N(C)C(=O)CO2)c1ccc2[nH]ccc2c1. The van der Waals surface area contributed by atoms with Crippen molar-refractivity contribution >= 4 is 28.2 Å². The van der Waals surface area contributed by atoms with Gasteiger partial charge in [0.25, 0.3) is 5.91 Å². The molecule has 134 valence electrons. The number of likely N-dealkylation sites (N-methyl/N-ethyl adjacent to an activating group) is 1. The highest BCUT2D eigenvalue weighted by molar-refractivity contribution is 5.97. The maximum Gasteiger partial charge on any atom is 0.264 e. The molecule has 0 saturated heterocycles. The molecule has 0 aliphatic carbocycles. The van der Waals surface area contributed by atoms with Gasteiger partial charge in [-0.15, -0.1) is 0 Å². The quantitative estimate of drug-likeness (QED) is 0.740. The molecule has 1 aromatic heterocycles. The van der Waals surface area contributed by atoms with Gasteiger partial charge in [0.2, 0.25) is 0 Å². The van der Waals surface area contributed by atoms with Gasteiger partial charge in [-0.25, -0.2) is 0 Å². The maximum absolute atomic E-state index is 11.9. The molecule has 1 unspecified atom stereocenters. The average Bonchev–Trinajstić information content (AvgIpc) is 3.12. The zero-order valence-electron chi connectivity index (χ0n) is 14.8. The van der Waals surface area contributed by atoms with Crippen LogP contribution in [0.2, 0.25) is 0 Å². The molecule has 1 amide bonds. The number of nitrogens with one attached hydrogen (secondary N) is 2. The van der Waals surface area contributed by atoms with Gasteiger partial charge in [-0.3, -0.25) is 4.79 Å². The molecule has 1 aliphatic rings. The van der Waals surface area contributed by atoms with E-state index in [1.165, 1.54) is 0 Å². The van der Waals surface area contributed by atoms with Crippen molar-refractivity contribution in [3.05, 3.63) is 54.2 Å². The fourth-order valence-electron chi connectivity index (χ4n) is 3.24. The first-order chi connectivity index (χ1) is 12.7. The fourth-order valence-corrected chi connectivity index (χ4v) is 3.24. The zero-order chi connectivity index (χ0) is 18.1. The summed E-state index contributed by atoms with van der Waals surface area (Å²) in [5.41, 5.74) is 3.92. The molecule has 3 aromatic rings. The first-order valence-electron chi connectivity index (χ1n) is 8.51. The number of hydrogen-bond acceptors (Lipinski definition) is 4. The van der Waals surface area contributed by atoms with Crippen LogP contribution >= 0.6 is 0 Å². The summed E-state index contributed by atoms with van der Waals surface area (Å²) >= 11 is 0. The summed E-state index contributed by atoms with van der Waals surface area (Å²) in [5.74, 6) is 0.663. The van der Waals surface area contributed by atoms with Crippen LogP contribution in [0, 0.1) is 0 Å². The largest absolute Gasteiger partial charge is 0.482 e. The van der Waals surface area contributed by atoms with E-state index >= 15 is 0 Å². The average molecular weight is 351 g/mol. The summed E-state index contributed by atoms with van der Waals surface area (Å²) in [7, 11) is 3.45. The predicted octanol–water partition coefficient (Wildman–Crippen LogP) is 3.32. The van der Waals surface area contributed by atoms with Gasteiger partial charge < -0.3 is 24.7 Å². The monoisotopic (exact) mass is 351 g/mol. The molecule has 4 rings (SSSR count). The Morgan fingerprint density at radius 3 is 3.00 bits per heavy atom. The Labute approximate surface area is 151 Å². The topological polar surface area (TPSA) is 66.6 Å². The van der Waals surface area contributed by atoms with Crippen LogP contribution < -0.4 is 15.0 Å². The number of nitrogens with zero attached hydrogens (tertiary/aromatic N) is 1. The number of rotatable bonds is 5. The van der Waals surface area contributed by atoms with Gasteiger partial charge in [-0.2, -0.15) is 0 Å². The number of carbonyl (C=O) groups is 1. The van der Waals surface area contributed by atoms with E-state index in [1.54, 1.807) is 19.1 Å². The van der Waals surface area contributed by atoms with Crippen LogP contribution in [0.3, 0.4) is 0 Å². The Morgan fingerprint density at radius 2 is 2.15 bits per heavy atom. The van der Waals surface area contributed by atoms with Gasteiger partial charge in [-0.05, 0) is 47.3 Å². The second-order valence-electron chi connectivity index (χ2n) is 6.40. The van der Waals surface area contributed by atoms with E-state index in [4.69, 9.17) is 9.47 Å². The molecule has 0 bridgehead atoms. The van der Waals surface area contributed by atoms with Crippen LogP contribution in [0.15, 0.2) is 48.7 Å². The summed E-state index contributed by atoms with van der Waals surface area (Å²) < 4.78 is 10.9. The molecule has 6 nitrogen and oxygen atoms in total. The minimum atomic E-state index is -0.0546. The second-order valence-corrected chi connectivity index (χ2v) is 6.40. The van der Waals surface area contributed by atoms with Crippen molar-refractivity contribution in [1.29, 1.82) is 0 Å². The van der Waals surface area contributed by atoms with Crippen LogP contribution in [-0.4, -0.2) is 38.3 Å². The van der Waals surface area contributed by atoms with Crippen molar-refractivity contribution in [2.45, 2.75) is 6.04 Å². The van der Waals surface area contributed by atoms with Crippen LogP contribution in [0.5, 0.6) is 5.75 Å². The molecule has 0 radical (unpaired) electrons. The standard InChI is InChI=1S/C20H21N3O3/c1-23-18-10-15(4-6-19(18)26-12-20(23)24)22-17(11-25-2)13-3-5-16-14(9-13)7-8-21-16/h3-10,17,21-22H,11-12H2,1-2H3. The number of hydrogen-bond donors (Lipinski definition) is 2. The van der Waals surface area contributed by atoms with Crippen LogP contribution in [0.4, 0.5) is 11.4 Å². The fraction of sp³-hybridized carbons (Fsp3) is 0.250. The third kappa shape index (κ3) is 2.99. The molecule has 26 heavy (non-hydrogen) atoms. The zero-order valence-corrected chi connectivity index (χ0v) is 14.8. The number of fused-ring (bicyclic) bond motifs is 2. The molecule has 1 atom stereocenters. The lowest BCUT2D eigenvalue weighted by Gasteiger charge is -2.27. The minimum absolute atomic E-state index is 0.0112. The van der Waals surface area contributed by atoms with Gasteiger partial charge in [0.15, 0.2) is 6.61 Å². The number of anilines is 2. The Bertz CT molecular complexity index is 950. The Morgan fingerprint density at radius 1 is 1.27 bits per heavy atom. The lowest BCUT2D eigenvalue weighted by molar-refractivity contribution is -0.120. The second kappa shape index (κ2) is 6.72. The number of ether oxygens (including phenoxy) is 2. The highest BCUT2D eigenvalue weighted by atomic mass is 16.5. The van der Waals surface area contributed by atoms with E-state index in [9.17, 15) is 4.79 Å². The number of benzene rings is 2. The molecule has 0 spiro atoms. The summed E-state index contributed by atoms with van der Waals surface area (Å²) in [6, 6.07) is 14.1. The van der Waals surface area contributed by atoms with E-state index in [-0.39, 0.29) is 18.6 Å². The van der Waals surface area contributed by atoms with Gasteiger partial charge in [0.05, 0.1) is 18.3 Å². The van der Waals surface area contributed by atoms with E-state index in [0.717, 1.165) is 33.6 Å². The normalized spacial score (nSPS) is 14.8. The van der Waals surface area contributed by atoms with Crippen LogP contribution in [-0.2, 0) is 9.53 Å². The molecular weight excluding hydrogens is 330 g/mol. The smallest absolute Gasteiger partial charge is 0.264 e. The van der Waals surface area contributed by atoms with Gasteiger partial charge in [0.1, 0.15) is 5.75 Å². The predicted molar refractivity (Wildman–Crippen MR) is 102 cm³/mol. The summed E-state index contributed by atoms with van der Waals surface area (Å²) in [5, 5.41) is 4.67. The van der Waals surface area contributed by atoms with Crippen molar-refractivity contribution in [3.63, 3.8) is 0 Å². The number of methoxy groups -OCH3 is 1. The molecule has 0 fully saturated rings. The van der Waals surface area contributed by atoms with Gasteiger partial charge in [0, 0.05) is 31.6 Å². The Kier molecular flexibility index (Phi) is 4.26. The maximum atomic E-state index is 11.9. The van der Waals surface area contributed by atoms with E-state index in [2.05, 4.69) is 34.6 Å². The van der Waals surface area contributed by atoms with Crippen molar-refractivity contribution < 1.29 is 14.3 Å².